The van der Waals surface area contributed by atoms with Gasteiger partial charge in [0.15, 0.2) is 5.13 Å². The zero-order valence-electron chi connectivity index (χ0n) is 19.1. The smallest absolute Gasteiger partial charge is 0.353 e. The van der Waals surface area contributed by atoms with E-state index in [0.29, 0.717) is 30.0 Å². The zero-order valence-corrected chi connectivity index (χ0v) is 22.3. The number of nitrogen functional groups attached to an aromatic ring is 1. The number of nitrogens with one attached hydrogen (secondary N) is 1. The van der Waals surface area contributed by atoms with E-state index in [1.165, 1.54) is 16.7 Å². The zero-order chi connectivity index (χ0) is 26.7. The second kappa shape index (κ2) is 11.8. The number of nitrogens with two attached hydrogens (primary N) is 2. The highest BCUT2D eigenvalue weighted by Crippen LogP contribution is 2.44. The van der Waals surface area contributed by atoms with E-state index in [1.54, 1.807) is 24.2 Å². The SMILES string of the molecule is NCCSCc1cnccc1SC1=C(C(=O)O)N2C(=O)[C@@H](NC(=O)C(N=O)c3nc(N)sc3Cl)C2CC1. The molecule has 0 spiro atoms. The Kier molecular flexibility index (Phi) is 8.69. The summed E-state index contributed by atoms with van der Waals surface area (Å²) >= 11 is 9.84. The first-order valence-electron chi connectivity index (χ1n) is 11.0. The summed E-state index contributed by atoms with van der Waals surface area (Å²) in [5, 5.41) is 15.4. The van der Waals surface area contributed by atoms with Crippen LogP contribution < -0.4 is 16.8 Å². The van der Waals surface area contributed by atoms with Crippen molar-refractivity contribution in [3.05, 3.63) is 49.6 Å². The molecule has 0 saturated carbocycles. The highest BCUT2D eigenvalue weighted by molar-refractivity contribution is 8.03. The van der Waals surface area contributed by atoms with Gasteiger partial charge < -0.3 is 21.9 Å². The highest BCUT2D eigenvalue weighted by atomic mass is 35.5. The number of anilines is 1. The van der Waals surface area contributed by atoms with E-state index in [-0.39, 0.29) is 20.9 Å². The van der Waals surface area contributed by atoms with Gasteiger partial charge in [-0.15, -0.1) is 4.91 Å². The number of amides is 2. The van der Waals surface area contributed by atoms with Crippen molar-refractivity contribution < 1.29 is 19.5 Å². The lowest BCUT2D eigenvalue weighted by Gasteiger charge is -2.50. The lowest BCUT2D eigenvalue weighted by atomic mass is 9.86. The molecule has 2 amide bonds. The molecule has 2 unspecified atom stereocenters. The van der Waals surface area contributed by atoms with Gasteiger partial charge in [0, 0.05) is 40.2 Å². The van der Waals surface area contributed by atoms with Crippen LogP contribution in [0, 0.1) is 4.91 Å². The topological polar surface area (TPSA) is 194 Å². The van der Waals surface area contributed by atoms with E-state index < -0.39 is 35.9 Å². The molecule has 2 aliphatic heterocycles. The normalized spacial score (nSPS) is 19.7. The number of carboxylic acids is 1. The van der Waals surface area contributed by atoms with Crippen molar-refractivity contribution in [3.8, 4) is 0 Å². The Morgan fingerprint density at radius 3 is 2.86 bits per heavy atom. The Balaban J connectivity index is 1.52. The predicted molar refractivity (Wildman–Crippen MR) is 142 cm³/mol. The third-order valence-corrected chi connectivity index (χ3v) is 9.16. The number of rotatable bonds is 11. The Hall–Kier alpha value is -2.72. The number of thiazole rings is 1. The minimum absolute atomic E-state index is 0.0474. The molecular weight excluding hydrogens is 562 g/mol. The molecule has 3 atom stereocenters. The molecule has 196 valence electrons. The molecule has 0 bridgehead atoms. The minimum Gasteiger partial charge on any atom is -0.477 e. The summed E-state index contributed by atoms with van der Waals surface area (Å²) < 4.78 is 0.0474. The third kappa shape index (κ3) is 5.60. The van der Waals surface area contributed by atoms with Crippen molar-refractivity contribution in [1.29, 1.82) is 0 Å². The van der Waals surface area contributed by atoms with Crippen LogP contribution in [0.5, 0.6) is 0 Å². The molecule has 2 aromatic rings. The number of hydrogen-bond donors (Lipinski definition) is 4. The fraction of sp³-hybridized carbons (Fsp3) is 0.381. The lowest BCUT2D eigenvalue weighted by molar-refractivity contribution is -0.156. The van der Waals surface area contributed by atoms with E-state index in [1.807, 2.05) is 6.07 Å². The van der Waals surface area contributed by atoms with E-state index in [9.17, 15) is 24.4 Å². The molecule has 2 aliphatic rings. The number of pyridine rings is 1. The Labute approximate surface area is 228 Å². The van der Waals surface area contributed by atoms with Gasteiger partial charge in [-0.25, -0.2) is 9.78 Å². The van der Waals surface area contributed by atoms with Crippen LogP contribution in [0.1, 0.15) is 30.1 Å². The summed E-state index contributed by atoms with van der Waals surface area (Å²) in [5.41, 5.74) is 11.9. The molecule has 16 heteroatoms. The Morgan fingerprint density at radius 1 is 1.43 bits per heavy atom. The van der Waals surface area contributed by atoms with Gasteiger partial charge in [-0.05, 0) is 29.6 Å². The van der Waals surface area contributed by atoms with Crippen molar-refractivity contribution in [2.24, 2.45) is 10.9 Å². The number of nitrogens with zero attached hydrogens (tertiary/aromatic N) is 4. The number of halogens is 1. The molecular formula is C21H22ClN7O5S3. The monoisotopic (exact) mass is 583 g/mol. The first-order valence-corrected chi connectivity index (χ1v) is 14.2. The number of aromatic nitrogens is 2. The molecule has 37 heavy (non-hydrogen) atoms. The predicted octanol–water partition coefficient (Wildman–Crippen LogP) is 2.35. The number of β-lactam (4-membered cyclic amide) rings is 1. The summed E-state index contributed by atoms with van der Waals surface area (Å²) in [4.78, 5) is 60.0. The molecule has 1 saturated heterocycles. The van der Waals surface area contributed by atoms with Gasteiger partial charge in [0.2, 0.25) is 6.04 Å². The van der Waals surface area contributed by atoms with Crippen LogP contribution in [0.2, 0.25) is 4.34 Å². The summed E-state index contributed by atoms with van der Waals surface area (Å²) in [5.74, 6) is -1.24. The van der Waals surface area contributed by atoms with Crippen molar-refractivity contribution in [3.63, 3.8) is 0 Å². The molecule has 4 heterocycles. The van der Waals surface area contributed by atoms with E-state index in [4.69, 9.17) is 23.1 Å². The average molecular weight is 584 g/mol. The van der Waals surface area contributed by atoms with Crippen LogP contribution in [-0.2, 0) is 20.1 Å². The first-order chi connectivity index (χ1) is 17.8. The number of carboxylic acid groups (broad SMARTS) is 1. The second-order valence-corrected chi connectivity index (χ2v) is 11.9. The third-order valence-electron chi connectivity index (χ3n) is 5.74. The van der Waals surface area contributed by atoms with Crippen LogP contribution in [0.25, 0.3) is 0 Å². The van der Waals surface area contributed by atoms with Gasteiger partial charge >= 0.3 is 5.97 Å². The number of fused-ring (bicyclic) bond motifs is 1. The quantitative estimate of drug-likeness (QED) is 0.172. The van der Waals surface area contributed by atoms with Gasteiger partial charge in [0.05, 0.1) is 6.04 Å². The van der Waals surface area contributed by atoms with Crippen LogP contribution in [0.3, 0.4) is 0 Å². The van der Waals surface area contributed by atoms with Gasteiger partial charge in [-0.1, -0.05) is 34.7 Å². The number of carbonyl (C=O) groups excluding carboxylic acids is 2. The molecule has 12 nitrogen and oxygen atoms in total. The maximum atomic E-state index is 13.0. The van der Waals surface area contributed by atoms with Crippen molar-refractivity contribution in [2.45, 2.75) is 41.6 Å². The molecule has 2 aromatic heterocycles. The minimum atomic E-state index is -1.59. The van der Waals surface area contributed by atoms with E-state index in [2.05, 4.69) is 20.5 Å². The lowest BCUT2D eigenvalue weighted by Crippen LogP contribution is -2.71. The number of aliphatic carboxylic acids is 1. The fourth-order valence-corrected chi connectivity index (χ4v) is 7.08. The van der Waals surface area contributed by atoms with Gasteiger partial charge in [-0.2, -0.15) is 11.8 Å². The Morgan fingerprint density at radius 2 is 2.22 bits per heavy atom. The molecule has 0 aromatic carbocycles. The van der Waals surface area contributed by atoms with Crippen molar-refractivity contribution in [1.82, 2.24) is 20.2 Å². The van der Waals surface area contributed by atoms with E-state index >= 15 is 0 Å². The van der Waals surface area contributed by atoms with Crippen LogP contribution >= 0.6 is 46.5 Å². The standard InChI is InChI=1S/C21H22ClN7O5S3/c22-17-14(27-21(24)37-17)15(28-34)18(30)26-13-10-1-2-12(16(20(32)33)29(10)19(13)31)36-11-3-5-25-7-9(11)8-35-6-4-23/h3,5,7,10,13,15H,1-2,4,6,8,23H2,(H2,24,27)(H,26,30)(H,32,33)/t10?,13-,15?/m0/s1. The van der Waals surface area contributed by atoms with Crippen LogP contribution in [0.15, 0.2) is 39.1 Å². The maximum absolute atomic E-state index is 13.0. The maximum Gasteiger partial charge on any atom is 0.353 e. The van der Waals surface area contributed by atoms with Gasteiger partial charge in [-0.3, -0.25) is 19.5 Å². The summed E-state index contributed by atoms with van der Waals surface area (Å²) in [7, 11) is 0. The largest absolute Gasteiger partial charge is 0.477 e. The average Bonchev–Trinajstić information content (AvgIpc) is 3.20. The van der Waals surface area contributed by atoms with Crippen LogP contribution in [0.4, 0.5) is 5.13 Å². The number of thioether (sulfide) groups is 2. The molecule has 6 N–H and O–H groups in total. The number of nitroso groups, excluding NO2 is 1. The summed E-state index contributed by atoms with van der Waals surface area (Å²) in [6.07, 6.45) is 4.17. The van der Waals surface area contributed by atoms with Crippen molar-refractivity contribution in [2.75, 3.05) is 18.0 Å². The number of allylic oxidation sites excluding steroid dienone is 1. The van der Waals surface area contributed by atoms with Crippen molar-refractivity contribution >= 4 is 69.4 Å². The molecule has 0 radical (unpaired) electrons. The number of hydrogen-bond acceptors (Lipinski definition) is 12. The molecule has 0 aliphatic carbocycles. The fourth-order valence-electron chi connectivity index (χ4n) is 4.10. The summed E-state index contributed by atoms with van der Waals surface area (Å²) in [6, 6.07) is -1.36. The van der Waals surface area contributed by atoms with Crippen LogP contribution in [-0.4, -0.2) is 62.1 Å². The molecule has 1 fully saturated rings. The first kappa shape index (κ1) is 27.3. The second-order valence-electron chi connectivity index (χ2n) is 8.02. The summed E-state index contributed by atoms with van der Waals surface area (Å²) in [6.45, 7) is 0.548. The van der Waals surface area contributed by atoms with Gasteiger partial charge in [0.25, 0.3) is 11.8 Å². The van der Waals surface area contributed by atoms with Gasteiger partial charge in [0.1, 0.15) is 21.8 Å². The van der Waals surface area contributed by atoms with E-state index in [0.717, 1.165) is 27.5 Å². The highest BCUT2D eigenvalue weighted by Gasteiger charge is 2.54. The molecule has 4 rings (SSSR count). The Bertz CT molecular complexity index is 1270. The number of carbonyl (C=O) groups is 3.